The maximum absolute atomic E-state index is 12.0. The van der Waals surface area contributed by atoms with E-state index < -0.39 is 11.4 Å². The Hall–Kier alpha value is -1.60. The molecule has 0 saturated carbocycles. The fraction of sp³-hybridized carbons (Fsp3) is 0.438. The summed E-state index contributed by atoms with van der Waals surface area (Å²) >= 11 is 2.93. The van der Waals surface area contributed by atoms with E-state index in [-0.39, 0.29) is 18.2 Å². The van der Waals surface area contributed by atoms with Crippen molar-refractivity contribution in [2.75, 3.05) is 12.3 Å². The number of nitrogens with one attached hydrogen (secondary N) is 1. The van der Waals surface area contributed by atoms with Crippen LogP contribution in [0.3, 0.4) is 0 Å². The van der Waals surface area contributed by atoms with Gasteiger partial charge in [-0.3, -0.25) is 9.59 Å². The third-order valence-corrected chi connectivity index (χ3v) is 6.21. The largest absolute Gasteiger partial charge is 0.481 e. The van der Waals surface area contributed by atoms with Gasteiger partial charge in [-0.2, -0.15) is 0 Å². The minimum atomic E-state index is -0.879. The molecular weight excluding hydrogens is 332 g/mol. The molecule has 1 amide bonds. The van der Waals surface area contributed by atoms with E-state index >= 15 is 0 Å². The smallest absolute Gasteiger partial charge is 0.311 e. The van der Waals surface area contributed by atoms with Crippen molar-refractivity contribution in [1.29, 1.82) is 0 Å². The number of thioether (sulfide) groups is 1. The van der Waals surface area contributed by atoms with Crippen LogP contribution in [0.5, 0.6) is 0 Å². The Morgan fingerprint density at radius 1 is 1.30 bits per heavy atom. The number of carbonyl (C=O) groups is 2. The van der Waals surface area contributed by atoms with Crippen LogP contribution in [0.25, 0.3) is 10.2 Å². The third-order valence-electron chi connectivity index (χ3n) is 4.03. The summed E-state index contributed by atoms with van der Waals surface area (Å²) < 4.78 is 1.94. The molecule has 2 rings (SSSR count). The number of benzene rings is 1. The summed E-state index contributed by atoms with van der Waals surface area (Å²) in [5, 5.41) is 12.1. The van der Waals surface area contributed by atoms with Crippen LogP contribution in [-0.4, -0.2) is 34.3 Å². The van der Waals surface area contributed by atoms with E-state index in [0.29, 0.717) is 12.8 Å². The van der Waals surface area contributed by atoms with Gasteiger partial charge in [0.1, 0.15) is 0 Å². The number of nitrogens with zero attached hydrogens (tertiary/aromatic N) is 1. The summed E-state index contributed by atoms with van der Waals surface area (Å²) in [4.78, 5) is 27.9. The molecule has 1 aromatic carbocycles. The highest BCUT2D eigenvalue weighted by Gasteiger charge is 2.35. The monoisotopic (exact) mass is 352 g/mol. The minimum absolute atomic E-state index is 0.161. The molecule has 0 radical (unpaired) electrons. The molecule has 2 N–H and O–H groups in total. The molecule has 0 spiro atoms. The fourth-order valence-electron chi connectivity index (χ4n) is 2.24. The summed E-state index contributed by atoms with van der Waals surface area (Å²) in [5.74, 6) is -0.786. The van der Waals surface area contributed by atoms with Crippen LogP contribution in [0.15, 0.2) is 28.6 Å². The molecule has 7 heteroatoms. The third kappa shape index (κ3) is 4.23. The number of carboxylic acids is 1. The predicted molar refractivity (Wildman–Crippen MR) is 94.0 cm³/mol. The first kappa shape index (κ1) is 17.7. The number of hydrogen-bond acceptors (Lipinski definition) is 5. The summed E-state index contributed by atoms with van der Waals surface area (Å²) in [6.45, 7) is 3.83. The lowest BCUT2D eigenvalue weighted by molar-refractivity contribution is -0.149. The molecule has 0 aliphatic heterocycles. The molecule has 0 saturated heterocycles. The van der Waals surface area contributed by atoms with Gasteiger partial charge < -0.3 is 10.4 Å². The number of aliphatic carboxylic acids is 1. The molecule has 124 valence electrons. The Labute approximate surface area is 143 Å². The van der Waals surface area contributed by atoms with E-state index in [1.54, 1.807) is 11.3 Å². The van der Waals surface area contributed by atoms with Gasteiger partial charge in [-0.05, 0) is 25.0 Å². The van der Waals surface area contributed by atoms with Gasteiger partial charge in [0.2, 0.25) is 5.91 Å². The van der Waals surface area contributed by atoms with Crippen LogP contribution in [0.4, 0.5) is 0 Å². The molecule has 23 heavy (non-hydrogen) atoms. The van der Waals surface area contributed by atoms with Crippen molar-refractivity contribution in [1.82, 2.24) is 10.3 Å². The number of thiazole rings is 1. The number of hydrogen-bond donors (Lipinski definition) is 2. The van der Waals surface area contributed by atoms with Gasteiger partial charge in [0.25, 0.3) is 0 Å². The van der Waals surface area contributed by atoms with Gasteiger partial charge in [-0.15, -0.1) is 11.3 Å². The number of rotatable bonds is 8. The normalized spacial score (nSPS) is 11.6. The Morgan fingerprint density at radius 3 is 2.61 bits per heavy atom. The lowest BCUT2D eigenvalue weighted by Crippen LogP contribution is -2.42. The Balaban J connectivity index is 1.88. The van der Waals surface area contributed by atoms with E-state index in [1.807, 2.05) is 38.1 Å². The molecule has 0 aliphatic rings. The summed E-state index contributed by atoms with van der Waals surface area (Å²) in [6, 6.07) is 7.84. The van der Waals surface area contributed by atoms with Crippen molar-refractivity contribution in [2.45, 2.75) is 31.0 Å². The second kappa shape index (κ2) is 7.79. The maximum atomic E-state index is 12.0. The lowest BCUT2D eigenvalue weighted by Gasteiger charge is -2.26. The molecule has 0 aliphatic carbocycles. The molecular formula is C16H20N2O3S2. The van der Waals surface area contributed by atoms with Crippen LogP contribution < -0.4 is 5.32 Å². The first-order chi connectivity index (χ1) is 11.0. The standard InChI is InChI=1S/C16H20N2O3S2/c1-3-16(4-2,14(20)21)10-17-13(19)9-22-15-18-11-7-5-6-8-12(11)23-15/h5-8H,3-4,9-10H2,1-2H3,(H,17,19)(H,20,21). The zero-order chi connectivity index (χ0) is 16.9. The highest BCUT2D eigenvalue weighted by Crippen LogP contribution is 2.29. The highest BCUT2D eigenvalue weighted by atomic mass is 32.2. The molecule has 5 nitrogen and oxygen atoms in total. The molecule has 0 bridgehead atoms. The van der Waals surface area contributed by atoms with Gasteiger partial charge >= 0.3 is 5.97 Å². The molecule has 2 aromatic rings. The van der Waals surface area contributed by atoms with E-state index in [2.05, 4.69) is 10.3 Å². The zero-order valence-corrected chi connectivity index (χ0v) is 14.8. The van der Waals surface area contributed by atoms with Crippen LogP contribution in [0.2, 0.25) is 0 Å². The van der Waals surface area contributed by atoms with Crippen LogP contribution in [0, 0.1) is 5.41 Å². The second-order valence-electron chi connectivity index (χ2n) is 5.31. The van der Waals surface area contributed by atoms with Crippen molar-refractivity contribution in [3.05, 3.63) is 24.3 Å². The average molecular weight is 352 g/mol. The Bertz CT molecular complexity index is 662. The zero-order valence-electron chi connectivity index (χ0n) is 13.2. The molecule has 1 heterocycles. The predicted octanol–water partition coefficient (Wildman–Crippen LogP) is 3.40. The topological polar surface area (TPSA) is 79.3 Å². The summed E-state index contributed by atoms with van der Waals surface area (Å²) in [6.07, 6.45) is 0.980. The number of carboxylic acid groups (broad SMARTS) is 1. The van der Waals surface area contributed by atoms with E-state index in [1.165, 1.54) is 11.8 Å². The average Bonchev–Trinajstić information content (AvgIpc) is 2.97. The van der Waals surface area contributed by atoms with Crippen LogP contribution >= 0.6 is 23.1 Å². The summed E-state index contributed by atoms with van der Waals surface area (Å²) in [7, 11) is 0. The maximum Gasteiger partial charge on any atom is 0.311 e. The van der Waals surface area contributed by atoms with E-state index in [0.717, 1.165) is 14.6 Å². The molecule has 0 atom stereocenters. The summed E-state index contributed by atoms with van der Waals surface area (Å²) in [5.41, 5.74) is 0.0539. The van der Waals surface area contributed by atoms with Gasteiger partial charge in [0.15, 0.2) is 4.34 Å². The Kier molecular flexibility index (Phi) is 6.01. The van der Waals surface area contributed by atoms with Crippen LogP contribution in [0.1, 0.15) is 26.7 Å². The van der Waals surface area contributed by atoms with Gasteiger partial charge in [0.05, 0.1) is 21.4 Å². The number of aromatic nitrogens is 1. The van der Waals surface area contributed by atoms with E-state index in [9.17, 15) is 14.7 Å². The van der Waals surface area contributed by atoms with Crippen molar-refractivity contribution < 1.29 is 14.7 Å². The van der Waals surface area contributed by atoms with Gasteiger partial charge in [-0.1, -0.05) is 37.7 Å². The van der Waals surface area contributed by atoms with Crippen molar-refractivity contribution >= 4 is 45.2 Å². The first-order valence-corrected chi connectivity index (χ1v) is 9.29. The van der Waals surface area contributed by atoms with Crippen molar-refractivity contribution in [2.24, 2.45) is 5.41 Å². The van der Waals surface area contributed by atoms with Gasteiger partial charge in [-0.25, -0.2) is 4.98 Å². The van der Waals surface area contributed by atoms with Crippen LogP contribution in [-0.2, 0) is 9.59 Å². The second-order valence-corrected chi connectivity index (χ2v) is 7.56. The molecule has 0 fully saturated rings. The minimum Gasteiger partial charge on any atom is -0.481 e. The van der Waals surface area contributed by atoms with Crippen molar-refractivity contribution in [3.8, 4) is 0 Å². The van der Waals surface area contributed by atoms with E-state index in [4.69, 9.17) is 0 Å². The number of carbonyl (C=O) groups excluding carboxylic acids is 1. The number of para-hydroxylation sites is 1. The Morgan fingerprint density at radius 2 is 2.00 bits per heavy atom. The SMILES string of the molecule is CCC(CC)(CNC(=O)CSc1nc2ccccc2s1)C(=O)O. The van der Waals surface area contributed by atoms with Crippen molar-refractivity contribution in [3.63, 3.8) is 0 Å². The number of fused-ring (bicyclic) bond motifs is 1. The lowest BCUT2D eigenvalue weighted by atomic mass is 9.82. The fourth-order valence-corrected chi connectivity index (χ4v) is 4.14. The quantitative estimate of drug-likeness (QED) is 0.712. The van der Waals surface area contributed by atoms with Gasteiger partial charge in [0, 0.05) is 6.54 Å². The number of amides is 1. The first-order valence-electron chi connectivity index (χ1n) is 7.49. The highest BCUT2D eigenvalue weighted by molar-refractivity contribution is 8.01. The molecule has 0 unspecified atom stereocenters. The molecule has 1 aromatic heterocycles.